The van der Waals surface area contributed by atoms with Crippen LogP contribution in [0.3, 0.4) is 0 Å². The monoisotopic (exact) mass is 530 g/mol. The number of rotatable bonds is 11. The molecule has 0 spiro atoms. The summed E-state index contributed by atoms with van der Waals surface area (Å²) >= 11 is 0. The van der Waals surface area contributed by atoms with Gasteiger partial charge in [0.15, 0.2) is 18.1 Å². The molecule has 0 saturated carbocycles. The fraction of sp³-hybridized carbons (Fsp3) is 0.200. The molecule has 3 aromatic carbocycles. The van der Waals surface area contributed by atoms with Crippen LogP contribution in [0.5, 0.6) is 23.0 Å². The fourth-order valence-corrected chi connectivity index (χ4v) is 4.26. The number of ether oxygens (including phenoxy) is 5. The highest BCUT2D eigenvalue weighted by atomic mass is 32.2. The third-order valence-electron chi connectivity index (χ3n) is 5.03. The van der Waals surface area contributed by atoms with Gasteiger partial charge >= 0.3 is 5.97 Å². The van der Waals surface area contributed by atoms with Gasteiger partial charge in [-0.15, -0.1) is 0 Å². The van der Waals surface area contributed by atoms with Crippen molar-refractivity contribution >= 4 is 33.3 Å². The molecular formula is C25H26N2O9S. The molecule has 11 nitrogen and oxygen atoms in total. The summed E-state index contributed by atoms with van der Waals surface area (Å²) in [5.74, 6) is 0.0918. The van der Waals surface area contributed by atoms with E-state index in [1.165, 1.54) is 64.8 Å². The Morgan fingerprint density at radius 2 is 1.49 bits per heavy atom. The van der Waals surface area contributed by atoms with Crippen LogP contribution in [0.25, 0.3) is 0 Å². The van der Waals surface area contributed by atoms with Crippen LogP contribution in [-0.2, 0) is 19.6 Å². The molecule has 0 aliphatic carbocycles. The average Bonchev–Trinajstić information content (AvgIpc) is 2.91. The van der Waals surface area contributed by atoms with E-state index >= 15 is 0 Å². The van der Waals surface area contributed by atoms with Gasteiger partial charge in [0.05, 0.1) is 50.3 Å². The maximum atomic E-state index is 12.7. The number of nitrogens with one attached hydrogen (secondary N) is 2. The first-order chi connectivity index (χ1) is 17.7. The SMILES string of the molecule is COC(=O)c1cc(OC)c(OC)cc1NC(=O)COc1ccc(S(=O)(=O)Nc2cccc(OC)c2)cc1. The molecule has 0 saturated heterocycles. The molecule has 1 amide bonds. The van der Waals surface area contributed by atoms with Crippen LogP contribution in [0.15, 0.2) is 65.6 Å². The molecule has 0 bridgehead atoms. The maximum absolute atomic E-state index is 12.7. The molecule has 0 radical (unpaired) electrons. The summed E-state index contributed by atoms with van der Waals surface area (Å²) < 4.78 is 53.6. The lowest BCUT2D eigenvalue weighted by molar-refractivity contribution is -0.118. The van der Waals surface area contributed by atoms with Gasteiger partial charge in [-0.25, -0.2) is 13.2 Å². The Kier molecular flexibility index (Phi) is 8.80. The van der Waals surface area contributed by atoms with Crippen LogP contribution in [0.2, 0.25) is 0 Å². The van der Waals surface area contributed by atoms with Gasteiger partial charge in [0.1, 0.15) is 11.5 Å². The molecule has 0 unspecified atom stereocenters. The second-order valence-electron chi connectivity index (χ2n) is 7.39. The molecule has 37 heavy (non-hydrogen) atoms. The van der Waals surface area contributed by atoms with Crippen molar-refractivity contribution in [2.24, 2.45) is 0 Å². The third kappa shape index (κ3) is 6.82. The van der Waals surface area contributed by atoms with Crippen molar-refractivity contribution in [3.8, 4) is 23.0 Å². The smallest absolute Gasteiger partial charge is 0.340 e. The Morgan fingerprint density at radius 3 is 2.11 bits per heavy atom. The first kappa shape index (κ1) is 27.1. The van der Waals surface area contributed by atoms with Gasteiger partial charge < -0.3 is 29.0 Å². The van der Waals surface area contributed by atoms with E-state index in [0.717, 1.165) is 0 Å². The van der Waals surface area contributed by atoms with Crippen molar-refractivity contribution in [1.29, 1.82) is 0 Å². The summed E-state index contributed by atoms with van der Waals surface area (Å²) in [6, 6.07) is 14.9. The molecule has 0 fully saturated rings. The summed E-state index contributed by atoms with van der Waals surface area (Å²) in [5, 5.41) is 2.58. The number of hydrogen-bond acceptors (Lipinski definition) is 9. The largest absolute Gasteiger partial charge is 0.497 e. The molecule has 2 N–H and O–H groups in total. The number of esters is 1. The number of benzene rings is 3. The van der Waals surface area contributed by atoms with Gasteiger partial charge in [-0.3, -0.25) is 9.52 Å². The highest BCUT2D eigenvalue weighted by molar-refractivity contribution is 7.92. The number of hydrogen-bond donors (Lipinski definition) is 2. The summed E-state index contributed by atoms with van der Waals surface area (Å²) in [6.45, 7) is -0.414. The van der Waals surface area contributed by atoms with Crippen LogP contribution in [0.1, 0.15) is 10.4 Å². The Balaban J connectivity index is 1.66. The van der Waals surface area contributed by atoms with Gasteiger partial charge in [-0.05, 0) is 36.4 Å². The number of sulfonamides is 1. The van der Waals surface area contributed by atoms with Crippen molar-refractivity contribution in [2.75, 3.05) is 45.1 Å². The van der Waals surface area contributed by atoms with Crippen LogP contribution >= 0.6 is 0 Å². The van der Waals surface area contributed by atoms with Crippen molar-refractivity contribution in [2.45, 2.75) is 4.90 Å². The Bertz CT molecular complexity index is 1370. The van der Waals surface area contributed by atoms with Crippen molar-refractivity contribution < 1.29 is 41.7 Å². The van der Waals surface area contributed by atoms with Crippen molar-refractivity contribution in [3.05, 3.63) is 66.2 Å². The standard InChI is InChI=1S/C25H26N2O9S/c1-32-18-7-5-6-16(12-18)27-37(30,31)19-10-8-17(9-11-19)36-15-24(28)26-21-14-23(34-3)22(33-2)13-20(21)25(29)35-4/h5-14,27H,15H2,1-4H3,(H,26,28). The quantitative estimate of drug-likeness (QED) is 0.358. The summed E-state index contributed by atoms with van der Waals surface area (Å²) in [5.41, 5.74) is 0.549. The maximum Gasteiger partial charge on any atom is 0.340 e. The Labute approximate surface area is 214 Å². The topological polar surface area (TPSA) is 138 Å². The van der Waals surface area contributed by atoms with Crippen LogP contribution in [0.4, 0.5) is 11.4 Å². The van der Waals surface area contributed by atoms with E-state index in [9.17, 15) is 18.0 Å². The molecule has 0 aliphatic heterocycles. The highest BCUT2D eigenvalue weighted by Gasteiger charge is 2.20. The molecule has 0 aromatic heterocycles. The first-order valence-corrected chi connectivity index (χ1v) is 12.2. The van der Waals surface area contributed by atoms with Crippen molar-refractivity contribution in [1.82, 2.24) is 0 Å². The van der Waals surface area contributed by atoms with Gasteiger partial charge in [-0.2, -0.15) is 0 Å². The summed E-state index contributed by atoms with van der Waals surface area (Å²) in [4.78, 5) is 24.7. The molecule has 12 heteroatoms. The van der Waals surface area contributed by atoms with Gasteiger partial charge in [0.25, 0.3) is 15.9 Å². The Morgan fingerprint density at radius 1 is 0.811 bits per heavy atom. The normalized spacial score (nSPS) is 10.7. The minimum Gasteiger partial charge on any atom is -0.497 e. The first-order valence-electron chi connectivity index (χ1n) is 10.7. The average molecular weight is 531 g/mol. The predicted molar refractivity (Wildman–Crippen MR) is 135 cm³/mol. The van der Waals surface area contributed by atoms with E-state index in [0.29, 0.717) is 17.2 Å². The van der Waals surface area contributed by atoms with E-state index in [2.05, 4.69) is 10.0 Å². The van der Waals surface area contributed by atoms with Gasteiger partial charge in [-0.1, -0.05) is 6.07 Å². The lowest BCUT2D eigenvalue weighted by atomic mass is 10.1. The third-order valence-corrected chi connectivity index (χ3v) is 6.43. The van der Waals surface area contributed by atoms with Gasteiger partial charge in [0.2, 0.25) is 0 Å². The van der Waals surface area contributed by atoms with Gasteiger partial charge in [0, 0.05) is 18.2 Å². The van der Waals surface area contributed by atoms with E-state index in [4.69, 9.17) is 23.7 Å². The number of carbonyl (C=O) groups is 2. The fourth-order valence-electron chi connectivity index (χ4n) is 3.21. The number of methoxy groups -OCH3 is 4. The zero-order chi connectivity index (χ0) is 27.0. The number of carbonyl (C=O) groups excluding carboxylic acids is 2. The molecule has 0 atom stereocenters. The van der Waals surface area contributed by atoms with E-state index < -0.39 is 28.5 Å². The molecule has 0 aliphatic rings. The second-order valence-corrected chi connectivity index (χ2v) is 9.07. The van der Waals surface area contributed by atoms with E-state index in [1.807, 2.05) is 0 Å². The number of amides is 1. The minimum absolute atomic E-state index is 0.000157. The molecular weight excluding hydrogens is 504 g/mol. The van der Waals surface area contributed by atoms with Crippen molar-refractivity contribution in [3.63, 3.8) is 0 Å². The van der Waals surface area contributed by atoms with Crippen LogP contribution < -0.4 is 29.0 Å². The van der Waals surface area contributed by atoms with Crippen LogP contribution in [-0.4, -0.2) is 55.3 Å². The zero-order valence-corrected chi connectivity index (χ0v) is 21.4. The second kappa shape index (κ2) is 12.0. The molecule has 3 rings (SSSR count). The summed E-state index contributed by atoms with van der Waals surface area (Å²) in [7, 11) is 1.67. The molecule has 3 aromatic rings. The van der Waals surface area contributed by atoms with Crippen LogP contribution in [0, 0.1) is 0 Å². The lowest BCUT2D eigenvalue weighted by Crippen LogP contribution is -2.22. The van der Waals surface area contributed by atoms with E-state index in [-0.39, 0.29) is 27.6 Å². The zero-order valence-electron chi connectivity index (χ0n) is 20.6. The molecule has 196 valence electrons. The predicted octanol–water partition coefficient (Wildman–Crippen LogP) is 3.32. The minimum atomic E-state index is -3.86. The Hall–Kier alpha value is -4.45. The number of anilines is 2. The molecule has 0 heterocycles. The summed E-state index contributed by atoms with van der Waals surface area (Å²) in [6.07, 6.45) is 0. The highest BCUT2D eigenvalue weighted by Crippen LogP contribution is 2.33. The lowest BCUT2D eigenvalue weighted by Gasteiger charge is -2.15. The van der Waals surface area contributed by atoms with E-state index in [1.54, 1.807) is 24.3 Å².